The Morgan fingerprint density at radius 1 is 1.07 bits per heavy atom. The molecule has 1 aromatic heterocycles. The second-order valence-corrected chi connectivity index (χ2v) is 8.45. The van der Waals surface area contributed by atoms with Crippen molar-refractivity contribution < 1.29 is 22.4 Å². The highest BCUT2D eigenvalue weighted by Crippen LogP contribution is 2.21. The van der Waals surface area contributed by atoms with Gasteiger partial charge in [-0.2, -0.15) is 4.31 Å². The van der Waals surface area contributed by atoms with E-state index in [0.717, 1.165) is 0 Å². The van der Waals surface area contributed by atoms with Gasteiger partial charge >= 0.3 is 5.76 Å². The maximum Gasteiger partial charge on any atom is 0.420 e. The number of carbonyl (C=O) groups excluding carboxylic acids is 1. The SMILES string of the molecule is O=C(Cn1c(=O)oc2ccccc21)Nc1cccc(S(=O)(=O)N2CCOCC2)c1. The van der Waals surface area contributed by atoms with E-state index in [1.165, 1.54) is 21.0 Å². The first-order chi connectivity index (χ1) is 13.9. The molecule has 1 N–H and O–H groups in total. The van der Waals surface area contributed by atoms with Crippen molar-refractivity contribution in [3.63, 3.8) is 0 Å². The van der Waals surface area contributed by atoms with Crippen LogP contribution < -0.4 is 11.1 Å². The first-order valence-corrected chi connectivity index (χ1v) is 10.5. The van der Waals surface area contributed by atoms with Crippen molar-refractivity contribution in [2.45, 2.75) is 11.4 Å². The van der Waals surface area contributed by atoms with Crippen LogP contribution in [0.5, 0.6) is 0 Å². The minimum absolute atomic E-state index is 0.0862. The number of amides is 1. The maximum absolute atomic E-state index is 12.8. The number of carbonyl (C=O) groups is 1. The zero-order valence-corrected chi connectivity index (χ0v) is 16.2. The topological polar surface area (TPSA) is 111 Å². The zero-order valence-electron chi connectivity index (χ0n) is 15.4. The van der Waals surface area contributed by atoms with Crippen molar-refractivity contribution in [3.8, 4) is 0 Å². The Bertz CT molecular complexity index is 1210. The molecule has 3 aromatic rings. The van der Waals surface area contributed by atoms with E-state index in [-0.39, 0.29) is 24.5 Å². The molecule has 0 aliphatic carbocycles. The minimum atomic E-state index is -3.67. The van der Waals surface area contributed by atoms with Crippen molar-refractivity contribution in [1.82, 2.24) is 8.87 Å². The second kappa shape index (κ2) is 7.82. The molecule has 4 rings (SSSR count). The molecule has 1 saturated heterocycles. The van der Waals surface area contributed by atoms with Crippen LogP contribution in [0.1, 0.15) is 0 Å². The molecule has 2 aromatic carbocycles. The number of fused-ring (bicyclic) bond motifs is 1. The molecule has 0 unspecified atom stereocenters. The highest BCUT2D eigenvalue weighted by Gasteiger charge is 2.26. The molecule has 29 heavy (non-hydrogen) atoms. The Hall–Kier alpha value is -2.95. The molecule has 0 atom stereocenters. The lowest BCUT2D eigenvalue weighted by Gasteiger charge is -2.26. The molecule has 1 aliphatic heterocycles. The van der Waals surface area contributed by atoms with Crippen LogP contribution in [0.3, 0.4) is 0 Å². The number of rotatable bonds is 5. The summed E-state index contributed by atoms with van der Waals surface area (Å²) in [7, 11) is -3.67. The van der Waals surface area contributed by atoms with Gasteiger partial charge in [-0.15, -0.1) is 0 Å². The quantitative estimate of drug-likeness (QED) is 0.669. The molecule has 0 radical (unpaired) electrons. The summed E-state index contributed by atoms with van der Waals surface area (Å²) in [5.41, 5.74) is 1.23. The average molecular weight is 417 g/mol. The lowest BCUT2D eigenvalue weighted by atomic mass is 10.3. The number of hydrogen-bond donors (Lipinski definition) is 1. The predicted molar refractivity (Wildman–Crippen MR) is 105 cm³/mol. The third-order valence-electron chi connectivity index (χ3n) is 4.60. The van der Waals surface area contributed by atoms with Gasteiger partial charge in [-0.25, -0.2) is 13.2 Å². The Morgan fingerprint density at radius 3 is 2.62 bits per heavy atom. The number of para-hydroxylation sites is 2. The Balaban J connectivity index is 1.52. The standard InChI is InChI=1S/C19H19N3O6S/c23-18(13-22-16-6-1-2-7-17(16)28-19(22)24)20-14-4-3-5-15(12-14)29(25,26)21-8-10-27-11-9-21/h1-7,12H,8-11,13H2,(H,20,23). The van der Waals surface area contributed by atoms with Gasteiger partial charge in [-0.05, 0) is 30.3 Å². The second-order valence-electron chi connectivity index (χ2n) is 6.51. The number of hydrogen-bond acceptors (Lipinski definition) is 6. The Kier molecular flexibility index (Phi) is 5.22. The lowest BCUT2D eigenvalue weighted by molar-refractivity contribution is -0.116. The number of nitrogens with one attached hydrogen (secondary N) is 1. The largest absolute Gasteiger partial charge is 0.420 e. The van der Waals surface area contributed by atoms with Crippen LogP contribution in [0, 0.1) is 0 Å². The molecular formula is C19H19N3O6S. The summed E-state index contributed by atoms with van der Waals surface area (Å²) in [4.78, 5) is 24.5. The van der Waals surface area contributed by atoms with Gasteiger partial charge in [-0.1, -0.05) is 18.2 Å². The van der Waals surface area contributed by atoms with Gasteiger partial charge in [0.2, 0.25) is 15.9 Å². The fourth-order valence-corrected chi connectivity index (χ4v) is 4.63. The van der Waals surface area contributed by atoms with E-state index in [1.54, 1.807) is 36.4 Å². The summed E-state index contributed by atoms with van der Waals surface area (Å²) in [6, 6.07) is 12.8. The lowest BCUT2D eigenvalue weighted by Crippen LogP contribution is -2.40. The molecule has 0 bridgehead atoms. The van der Waals surface area contributed by atoms with E-state index in [2.05, 4.69) is 5.32 Å². The van der Waals surface area contributed by atoms with Gasteiger partial charge in [0.25, 0.3) is 0 Å². The van der Waals surface area contributed by atoms with Gasteiger partial charge in [0, 0.05) is 18.8 Å². The Morgan fingerprint density at radius 2 is 1.83 bits per heavy atom. The molecule has 0 spiro atoms. The number of aromatic nitrogens is 1. The number of sulfonamides is 1. The monoisotopic (exact) mass is 417 g/mol. The zero-order chi connectivity index (χ0) is 20.4. The number of nitrogens with zero attached hydrogens (tertiary/aromatic N) is 2. The van der Waals surface area contributed by atoms with Crippen LogP contribution in [0.2, 0.25) is 0 Å². The molecule has 152 valence electrons. The van der Waals surface area contributed by atoms with Gasteiger partial charge < -0.3 is 14.5 Å². The van der Waals surface area contributed by atoms with E-state index in [1.807, 2.05) is 0 Å². The first kappa shape index (κ1) is 19.4. The summed E-state index contributed by atoms with van der Waals surface area (Å²) in [5, 5.41) is 2.64. The fourth-order valence-electron chi connectivity index (χ4n) is 3.18. The summed E-state index contributed by atoms with van der Waals surface area (Å²) in [6.07, 6.45) is 0. The Labute approximate surface area is 166 Å². The van der Waals surface area contributed by atoms with Crippen LogP contribution in [0.25, 0.3) is 11.1 Å². The third-order valence-corrected chi connectivity index (χ3v) is 6.50. The van der Waals surface area contributed by atoms with Gasteiger partial charge in [0.15, 0.2) is 5.58 Å². The van der Waals surface area contributed by atoms with Crippen LogP contribution in [-0.4, -0.2) is 49.5 Å². The molecule has 10 heteroatoms. The third kappa shape index (κ3) is 3.95. The van der Waals surface area contributed by atoms with Crippen LogP contribution in [0.4, 0.5) is 5.69 Å². The van der Waals surface area contributed by atoms with Crippen molar-refractivity contribution >= 4 is 32.7 Å². The molecule has 9 nitrogen and oxygen atoms in total. The summed E-state index contributed by atoms with van der Waals surface area (Å²) >= 11 is 0. The summed E-state index contributed by atoms with van der Waals surface area (Å²) in [5.74, 6) is -1.11. The molecule has 1 fully saturated rings. The molecule has 1 aliphatic rings. The van der Waals surface area contributed by atoms with E-state index in [9.17, 15) is 18.0 Å². The molecule has 1 amide bonds. The highest BCUT2D eigenvalue weighted by molar-refractivity contribution is 7.89. The number of oxazole rings is 1. The maximum atomic E-state index is 12.8. The van der Waals surface area contributed by atoms with Crippen LogP contribution in [-0.2, 0) is 26.1 Å². The first-order valence-electron chi connectivity index (χ1n) is 9.01. The van der Waals surface area contributed by atoms with Crippen LogP contribution in [0.15, 0.2) is 62.6 Å². The predicted octanol–water partition coefficient (Wildman–Crippen LogP) is 1.25. The number of morpholine rings is 1. The summed E-state index contributed by atoms with van der Waals surface area (Å²) in [6.45, 7) is 1.02. The van der Waals surface area contributed by atoms with Crippen molar-refractivity contribution in [2.75, 3.05) is 31.6 Å². The molecule has 0 saturated carbocycles. The molecule has 2 heterocycles. The number of benzene rings is 2. The fraction of sp³-hybridized carbons (Fsp3) is 0.263. The normalized spacial score (nSPS) is 15.4. The van der Waals surface area contributed by atoms with E-state index in [4.69, 9.17) is 9.15 Å². The van der Waals surface area contributed by atoms with E-state index in [0.29, 0.717) is 30.0 Å². The smallest absolute Gasteiger partial charge is 0.408 e. The van der Waals surface area contributed by atoms with Gasteiger partial charge in [0.05, 0.1) is 23.6 Å². The summed E-state index contributed by atoms with van der Waals surface area (Å²) < 4.78 is 38.4. The molecular weight excluding hydrogens is 398 g/mol. The van der Waals surface area contributed by atoms with Crippen molar-refractivity contribution in [3.05, 3.63) is 59.1 Å². The van der Waals surface area contributed by atoms with E-state index < -0.39 is 21.7 Å². The van der Waals surface area contributed by atoms with Crippen LogP contribution >= 0.6 is 0 Å². The number of anilines is 1. The van der Waals surface area contributed by atoms with E-state index >= 15 is 0 Å². The average Bonchev–Trinajstić information content (AvgIpc) is 3.04. The van der Waals surface area contributed by atoms with Gasteiger partial charge in [0.1, 0.15) is 6.54 Å². The van der Waals surface area contributed by atoms with Crippen molar-refractivity contribution in [2.24, 2.45) is 0 Å². The highest BCUT2D eigenvalue weighted by atomic mass is 32.2. The van der Waals surface area contributed by atoms with Crippen molar-refractivity contribution in [1.29, 1.82) is 0 Å². The van der Waals surface area contributed by atoms with Gasteiger partial charge in [-0.3, -0.25) is 9.36 Å². The number of ether oxygens (including phenoxy) is 1. The minimum Gasteiger partial charge on any atom is -0.408 e.